The summed E-state index contributed by atoms with van der Waals surface area (Å²) in [6, 6.07) is 8.18. The highest BCUT2D eigenvalue weighted by atomic mass is 35.5. The first-order valence-electron chi connectivity index (χ1n) is 9.62. The van der Waals surface area contributed by atoms with Crippen LogP contribution in [0.4, 0.5) is 0 Å². The van der Waals surface area contributed by atoms with Gasteiger partial charge in [-0.15, -0.1) is 0 Å². The normalized spacial score (nSPS) is 22.5. The van der Waals surface area contributed by atoms with Gasteiger partial charge >= 0.3 is 0 Å². The topological polar surface area (TPSA) is 29.5 Å². The summed E-state index contributed by atoms with van der Waals surface area (Å²) < 4.78 is 6.60. The predicted octanol–water partition coefficient (Wildman–Crippen LogP) is 5.68. The summed E-state index contributed by atoms with van der Waals surface area (Å²) in [5, 5.41) is 1.52. The standard InChI is InChI=1S/C21H30ClNO2SSi/c1-21(2,3)27(4,5)25-14-18(16-8-6-7-9-17(16)22)23-11-10-19-15(13-23)12-20(24)26-19/h6-9,12,18-19H,10-11,13-14H2,1-5H3/t18-,19?/m1/s1. The van der Waals surface area contributed by atoms with Crippen LogP contribution in [0.2, 0.25) is 23.2 Å². The molecule has 0 N–H and O–H groups in total. The second kappa shape index (κ2) is 8.03. The van der Waals surface area contributed by atoms with Crippen LogP contribution in [0.3, 0.4) is 0 Å². The maximum absolute atomic E-state index is 11.8. The molecule has 2 atom stereocenters. The molecule has 1 aromatic rings. The zero-order valence-electron chi connectivity index (χ0n) is 16.9. The van der Waals surface area contributed by atoms with E-state index < -0.39 is 8.32 Å². The Balaban J connectivity index is 1.84. The number of halogens is 1. The Morgan fingerprint density at radius 2 is 2.04 bits per heavy atom. The van der Waals surface area contributed by atoms with Crippen LogP contribution in [-0.2, 0) is 9.22 Å². The quantitative estimate of drug-likeness (QED) is 0.570. The van der Waals surface area contributed by atoms with Crippen LogP contribution in [0.25, 0.3) is 0 Å². The molecule has 0 radical (unpaired) electrons. The first-order chi connectivity index (χ1) is 12.6. The van der Waals surface area contributed by atoms with Gasteiger partial charge in [-0.3, -0.25) is 9.69 Å². The lowest BCUT2D eigenvalue weighted by Gasteiger charge is -2.41. The Kier molecular flexibility index (Phi) is 6.28. The minimum absolute atomic E-state index is 0.107. The fourth-order valence-electron chi connectivity index (χ4n) is 3.39. The number of rotatable bonds is 5. The van der Waals surface area contributed by atoms with Gasteiger partial charge in [0.2, 0.25) is 5.12 Å². The Labute approximate surface area is 173 Å². The molecule has 2 aliphatic rings. The number of thioether (sulfide) groups is 1. The second-order valence-electron chi connectivity index (χ2n) is 9.01. The average molecular weight is 424 g/mol. The highest BCUT2D eigenvalue weighted by molar-refractivity contribution is 8.15. The monoisotopic (exact) mass is 423 g/mol. The molecule has 27 heavy (non-hydrogen) atoms. The predicted molar refractivity (Wildman–Crippen MR) is 118 cm³/mol. The van der Waals surface area contributed by atoms with Crippen LogP contribution in [0.15, 0.2) is 35.9 Å². The Bertz CT molecular complexity index is 744. The van der Waals surface area contributed by atoms with Crippen molar-refractivity contribution in [1.82, 2.24) is 4.90 Å². The zero-order chi connectivity index (χ0) is 19.8. The highest BCUT2D eigenvalue weighted by Gasteiger charge is 2.39. The highest BCUT2D eigenvalue weighted by Crippen LogP contribution is 2.41. The van der Waals surface area contributed by atoms with Crippen LogP contribution in [0.5, 0.6) is 0 Å². The largest absolute Gasteiger partial charge is 0.415 e. The second-order valence-corrected chi connectivity index (χ2v) is 15.4. The van der Waals surface area contributed by atoms with Gasteiger partial charge in [0, 0.05) is 23.4 Å². The number of piperidine rings is 1. The first kappa shape index (κ1) is 21.1. The molecule has 148 valence electrons. The molecule has 0 bridgehead atoms. The minimum Gasteiger partial charge on any atom is -0.415 e. The van der Waals surface area contributed by atoms with Crippen molar-refractivity contribution in [3.05, 3.63) is 46.5 Å². The Morgan fingerprint density at radius 1 is 1.33 bits per heavy atom. The van der Waals surface area contributed by atoms with Crippen LogP contribution in [0, 0.1) is 0 Å². The van der Waals surface area contributed by atoms with E-state index in [0.29, 0.717) is 11.9 Å². The van der Waals surface area contributed by atoms with E-state index in [4.69, 9.17) is 16.0 Å². The van der Waals surface area contributed by atoms with Gasteiger partial charge in [0.15, 0.2) is 8.32 Å². The Morgan fingerprint density at radius 3 is 2.70 bits per heavy atom. The molecule has 0 saturated carbocycles. The van der Waals surface area contributed by atoms with Crippen molar-refractivity contribution in [2.24, 2.45) is 0 Å². The summed E-state index contributed by atoms with van der Waals surface area (Å²) in [5.41, 5.74) is 2.37. The molecule has 0 aliphatic carbocycles. The number of benzene rings is 1. The van der Waals surface area contributed by atoms with Gasteiger partial charge in [-0.05, 0) is 47.8 Å². The summed E-state index contributed by atoms with van der Waals surface area (Å²) in [6.07, 6.45) is 2.84. The van der Waals surface area contributed by atoms with Crippen LogP contribution < -0.4 is 0 Å². The van der Waals surface area contributed by atoms with E-state index in [9.17, 15) is 4.79 Å². The van der Waals surface area contributed by atoms with Gasteiger partial charge in [0.05, 0.1) is 12.6 Å². The van der Waals surface area contributed by atoms with Gasteiger partial charge in [0.25, 0.3) is 0 Å². The molecule has 1 unspecified atom stereocenters. The van der Waals surface area contributed by atoms with E-state index in [-0.39, 0.29) is 16.2 Å². The van der Waals surface area contributed by atoms with Crippen molar-refractivity contribution < 1.29 is 9.22 Å². The van der Waals surface area contributed by atoms with Crippen molar-refractivity contribution in [1.29, 1.82) is 0 Å². The zero-order valence-corrected chi connectivity index (χ0v) is 19.5. The van der Waals surface area contributed by atoms with E-state index in [1.54, 1.807) is 0 Å². The SMILES string of the molecule is CC(C)(C)[Si](C)(C)OC[C@H](c1ccccc1Cl)N1CCC2SC(=O)C=C2C1. The third kappa shape index (κ3) is 4.70. The van der Waals surface area contributed by atoms with Crippen LogP contribution in [-0.4, -0.2) is 43.3 Å². The summed E-state index contributed by atoms with van der Waals surface area (Å²) in [6.45, 7) is 13.8. The van der Waals surface area contributed by atoms with Crippen LogP contribution in [0.1, 0.15) is 38.8 Å². The molecule has 3 rings (SSSR count). The maximum atomic E-state index is 11.8. The number of carbonyl (C=O) groups excluding carboxylic acids is 1. The molecule has 0 amide bonds. The maximum Gasteiger partial charge on any atom is 0.212 e. The van der Waals surface area contributed by atoms with Crippen LogP contribution >= 0.6 is 23.4 Å². The van der Waals surface area contributed by atoms with Gasteiger partial charge in [-0.2, -0.15) is 0 Å². The van der Waals surface area contributed by atoms with Gasteiger partial charge in [-0.25, -0.2) is 0 Å². The number of hydrogen-bond acceptors (Lipinski definition) is 4. The fraction of sp³-hybridized carbons (Fsp3) is 0.571. The molecule has 1 saturated heterocycles. The van der Waals surface area contributed by atoms with Crippen molar-refractivity contribution >= 4 is 36.8 Å². The smallest absolute Gasteiger partial charge is 0.212 e. The molecule has 1 aromatic carbocycles. The third-order valence-electron chi connectivity index (χ3n) is 6.15. The Hall–Kier alpha value is -0.593. The van der Waals surface area contributed by atoms with Gasteiger partial charge in [-0.1, -0.05) is 62.3 Å². The summed E-state index contributed by atoms with van der Waals surface area (Å²) in [5.74, 6) is 0. The molecule has 2 aliphatic heterocycles. The van der Waals surface area contributed by atoms with E-state index in [1.807, 2.05) is 24.3 Å². The molecule has 6 heteroatoms. The van der Waals surface area contributed by atoms with Crippen molar-refractivity contribution in [3.63, 3.8) is 0 Å². The number of carbonyl (C=O) groups is 1. The molecular weight excluding hydrogens is 394 g/mol. The summed E-state index contributed by atoms with van der Waals surface area (Å²) >= 11 is 8.04. The number of fused-ring (bicyclic) bond motifs is 1. The minimum atomic E-state index is -1.86. The fourth-order valence-corrected chi connectivity index (χ4v) is 5.68. The van der Waals surface area contributed by atoms with Crippen molar-refractivity contribution in [3.8, 4) is 0 Å². The summed E-state index contributed by atoms with van der Waals surface area (Å²) in [7, 11) is -1.86. The van der Waals surface area contributed by atoms with E-state index in [2.05, 4.69) is 44.8 Å². The van der Waals surface area contributed by atoms with Crippen molar-refractivity contribution in [2.75, 3.05) is 19.7 Å². The van der Waals surface area contributed by atoms with E-state index in [1.165, 1.54) is 17.3 Å². The molecule has 1 fully saturated rings. The molecule has 3 nitrogen and oxygen atoms in total. The molecular formula is C21H30ClNO2SSi. The molecule has 2 heterocycles. The lowest BCUT2D eigenvalue weighted by molar-refractivity contribution is -0.106. The lowest BCUT2D eigenvalue weighted by atomic mass is 9.99. The van der Waals surface area contributed by atoms with Gasteiger partial charge < -0.3 is 4.43 Å². The summed E-state index contributed by atoms with van der Waals surface area (Å²) in [4.78, 5) is 14.2. The van der Waals surface area contributed by atoms with Crippen molar-refractivity contribution in [2.45, 2.75) is 56.6 Å². The number of likely N-dealkylation sites (tertiary alicyclic amines) is 1. The van der Waals surface area contributed by atoms with Gasteiger partial charge in [0.1, 0.15) is 0 Å². The lowest BCUT2D eigenvalue weighted by Crippen LogP contribution is -2.45. The first-order valence-corrected chi connectivity index (χ1v) is 13.8. The molecule has 0 aromatic heterocycles. The van der Waals surface area contributed by atoms with E-state index >= 15 is 0 Å². The molecule has 0 spiro atoms. The number of nitrogens with zero attached hydrogens (tertiary/aromatic N) is 1. The van der Waals surface area contributed by atoms with E-state index in [0.717, 1.165) is 30.1 Å². The average Bonchev–Trinajstić information content (AvgIpc) is 2.94. The number of hydrogen-bond donors (Lipinski definition) is 0. The third-order valence-corrected chi connectivity index (χ3v) is 12.2.